The van der Waals surface area contributed by atoms with Gasteiger partial charge in [0.05, 0.1) is 11.9 Å². The fourth-order valence-corrected chi connectivity index (χ4v) is 2.55. The highest BCUT2D eigenvalue weighted by molar-refractivity contribution is 9.10. The lowest BCUT2D eigenvalue weighted by molar-refractivity contribution is 0.532. The molecule has 0 unspecified atom stereocenters. The second-order valence-electron chi connectivity index (χ2n) is 5.29. The second-order valence-corrected chi connectivity index (χ2v) is 6.08. The Morgan fingerprint density at radius 2 is 2.24 bits per heavy atom. The molecule has 3 rings (SSSR count). The van der Waals surface area contributed by atoms with Crippen molar-refractivity contribution in [3.8, 4) is 0 Å². The highest BCUT2D eigenvalue weighted by Gasteiger charge is 2.23. The van der Waals surface area contributed by atoms with Gasteiger partial charge < -0.3 is 5.32 Å². The average Bonchev–Trinajstić information content (AvgIpc) is 3.27. The van der Waals surface area contributed by atoms with Crippen LogP contribution in [0.1, 0.15) is 18.4 Å². The normalized spacial score (nSPS) is 14.2. The van der Waals surface area contributed by atoms with Crippen LogP contribution in [0.4, 0.5) is 10.1 Å². The van der Waals surface area contributed by atoms with Crippen LogP contribution in [0.15, 0.2) is 39.7 Å². The number of nitrogens with one attached hydrogen (secondary N) is 1. The molecule has 0 aliphatic heterocycles. The van der Waals surface area contributed by atoms with E-state index in [9.17, 15) is 9.18 Å². The van der Waals surface area contributed by atoms with Gasteiger partial charge in [-0.15, -0.1) is 0 Å². The highest BCUT2D eigenvalue weighted by Crippen LogP contribution is 2.30. The number of aromatic nitrogens is 2. The summed E-state index contributed by atoms with van der Waals surface area (Å²) >= 11 is 3.32. The topological polar surface area (TPSA) is 46.9 Å². The molecule has 1 fully saturated rings. The molecular formula is C15H15BrFN3O. The highest BCUT2D eigenvalue weighted by atomic mass is 79.9. The van der Waals surface area contributed by atoms with Crippen LogP contribution in [-0.4, -0.2) is 9.78 Å². The van der Waals surface area contributed by atoms with Gasteiger partial charge in [0.2, 0.25) is 0 Å². The molecule has 1 saturated carbocycles. The number of hydrogen-bond acceptors (Lipinski definition) is 3. The minimum Gasteiger partial charge on any atom is -0.379 e. The van der Waals surface area contributed by atoms with Crippen LogP contribution in [0, 0.1) is 11.7 Å². The van der Waals surface area contributed by atoms with Crippen LogP contribution >= 0.6 is 15.9 Å². The summed E-state index contributed by atoms with van der Waals surface area (Å²) in [5, 5.41) is 7.29. The van der Waals surface area contributed by atoms with Gasteiger partial charge in [0.25, 0.3) is 5.56 Å². The minimum absolute atomic E-state index is 0.133. The molecule has 6 heteroatoms. The van der Waals surface area contributed by atoms with Crippen molar-refractivity contribution in [1.29, 1.82) is 0 Å². The first-order valence-electron chi connectivity index (χ1n) is 6.87. The van der Waals surface area contributed by atoms with E-state index in [-0.39, 0.29) is 11.4 Å². The molecule has 0 radical (unpaired) electrons. The van der Waals surface area contributed by atoms with Crippen molar-refractivity contribution in [3.63, 3.8) is 0 Å². The Kier molecular flexibility index (Phi) is 4.05. The molecule has 0 amide bonds. The van der Waals surface area contributed by atoms with Crippen LogP contribution in [-0.2, 0) is 13.1 Å². The number of rotatable bonds is 5. The molecule has 1 aromatic carbocycles. The van der Waals surface area contributed by atoms with E-state index in [1.165, 1.54) is 29.7 Å². The van der Waals surface area contributed by atoms with E-state index in [1.54, 1.807) is 12.3 Å². The van der Waals surface area contributed by atoms with Gasteiger partial charge in [-0.25, -0.2) is 9.07 Å². The number of benzene rings is 1. The Labute approximate surface area is 130 Å². The first-order chi connectivity index (χ1) is 10.1. The van der Waals surface area contributed by atoms with Gasteiger partial charge in [0, 0.05) is 13.1 Å². The zero-order valence-electron chi connectivity index (χ0n) is 11.4. The lowest BCUT2D eigenvalue weighted by Crippen LogP contribution is -2.25. The van der Waals surface area contributed by atoms with Gasteiger partial charge in [0.1, 0.15) is 10.3 Å². The van der Waals surface area contributed by atoms with Crippen molar-refractivity contribution in [3.05, 3.63) is 56.7 Å². The Morgan fingerprint density at radius 1 is 1.43 bits per heavy atom. The zero-order chi connectivity index (χ0) is 14.8. The molecular weight excluding hydrogens is 337 g/mol. The number of halogens is 2. The Balaban J connectivity index is 1.73. The molecule has 4 nitrogen and oxygen atoms in total. The van der Waals surface area contributed by atoms with E-state index >= 15 is 0 Å². The van der Waals surface area contributed by atoms with Crippen molar-refractivity contribution >= 4 is 21.6 Å². The molecule has 0 atom stereocenters. The maximum atomic E-state index is 13.1. The quantitative estimate of drug-likeness (QED) is 0.899. The fourth-order valence-electron chi connectivity index (χ4n) is 2.11. The summed E-state index contributed by atoms with van der Waals surface area (Å²) in [4.78, 5) is 12.2. The first-order valence-corrected chi connectivity index (χ1v) is 7.67. The molecule has 1 heterocycles. The fraction of sp³-hybridized carbons (Fsp3) is 0.333. The molecule has 1 aliphatic carbocycles. The smallest absolute Gasteiger partial charge is 0.283 e. The van der Waals surface area contributed by atoms with E-state index in [2.05, 4.69) is 26.3 Å². The lowest BCUT2D eigenvalue weighted by atomic mass is 10.2. The molecule has 0 spiro atoms. The molecule has 110 valence electrons. The van der Waals surface area contributed by atoms with Crippen LogP contribution in [0.3, 0.4) is 0 Å². The predicted molar refractivity (Wildman–Crippen MR) is 82.6 cm³/mol. The Morgan fingerprint density at radius 3 is 2.95 bits per heavy atom. The molecule has 1 N–H and O–H groups in total. The monoisotopic (exact) mass is 351 g/mol. The summed E-state index contributed by atoms with van der Waals surface area (Å²) in [5.41, 5.74) is 1.30. The van der Waals surface area contributed by atoms with Gasteiger partial charge in [-0.2, -0.15) is 5.10 Å². The Bertz CT molecular complexity index is 712. The zero-order valence-corrected chi connectivity index (χ0v) is 12.9. The number of hydrogen-bond donors (Lipinski definition) is 1. The van der Waals surface area contributed by atoms with Crippen LogP contribution < -0.4 is 10.9 Å². The van der Waals surface area contributed by atoms with E-state index < -0.39 is 0 Å². The maximum Gasteiger partial charge on any atom is 0.283 e. The van der Waals surface area contributed by atoms with Crippen LogP contribution in [0.2, 0.25) is 0 Å². The van der Waals surface area contributed by atoms with Crippen LogP contribution in [0.5, 0.6) is 0 Å². The third-order valence-corrected chi connectivity index (χ3v) is 4.25. The number of anilines is 1. The minimum atomic E-state index is -0.272. The predicted octanol–water partition coefficient (Wildman–Crippen LogP) is 3.17. The van der Waals surface area contributed by atoms with Gasteiger partial charge in [0.15, 0.2) is 0 Å². The standard InChI is InChI=1S/C15H15BrFN3O/c16-14-13(18-7-11-2-1-3-12(17)6-11)8-19-20(15(14)21)9-10-4-5-10/h1-3,6,8,10,18H,4-5,7,9H2. The van der Waals surface area contributed by atoms with Gasteiger partial charge >= 0.3 is 0 Å². The summed E-state index contributed by atoms with van der Waals surface area (Å²) in [6, 6.07) is 6.35. The lowest BCUT2D eigenvalue weighted by Gasteiger charge is -2.10. The van der Waals surface area contributed by atoms with E-state index in [0.29, 0.717) is 29.2 Å². The summed E-state index contributed by atoms with van der Waals surface area (Å²) < 4.78 is 15.1. The summed E-state index contributed by atoms with van der Waals surface area (Å²) in [6.45, 7) is 1.12. The van der Waals surface area contributed by atoms with E-state index in [1.807, 2.05) is 6.07 Å². The molecule has 1 aliphatic rings. The largest absolute Gasteiger partial charge is 0.379 e. The summed E-state index contributed by atoms with van der Waals surface area (Å²) in [5.74, 6) is 0.319. The second kappa shape index (κ2) is 5.97. The van der Waals surface area contributed by atoms with Crippen molar-refractivity contribution in [2.45, 2.75) is 25.9 Å². The van der Waals surface area contributed by atoms with Crippen molar-refractivity contribution < 1.29 is 4.39 Å². The molecule has 0 bridgehead atoms. The molecule has 1 aromatic heterocycles. The third kappa shape index (κ3) is 3.50. The van der Waals surface area contributed by atoms with E-state index in [4.69, 9.17) is 0 Å². The van der Waals surface area contributed by atoms with Crippen molar-refractivity contribution in [2.24, 2.45) is 5.92 Å². The van der Waals surface area contributed by atoms with Crippen molar-refractivity contribution in [1.82, 2.24) is 9.78 Å². The third-order valence-electron chi connectivity index (χ3n) is 3.48. The summed E-state index contributed by atoms with van der Waals surface area (Å²) in [7, 11) is 0. The molecule has 0 saturated heterocycles. The van der Waals surface area contributed by atoms with Gasteiger partial charge in [-0.1, -0.05) is 12.1 Å². The van der Waals surface area contributed by atoms with E-state index in [0.717, 1.165) is 5.56 Å². The molecule has 2 aromatic rings. The molecule has 21 heavy (non-hydrogen) atoms. The van der Waals surface area contributed by atoms with Gasteiger partial charge in [-0.05, 0) is 52.4 Å². The average molecular weight is 352 g/mol. The van der Waals surface area contributed by atoms with Crippen LogP contribution in [0.25, 0.3) is 0 Å². The summed E-state index contributed by atoms with van der Waals surface area (Å²) in [6.07, 6.45) is 3.98. The number of nitrogens with zero attached hydrogens (tertiary/aromatic N) is 2. The van der Waals surface area contributed by atoms with Gasteiger partial charge in [-0.3, -0.25) is 4.79 Å². The first kappa shape index (κ1) is 14.3. The SMILES string of the molecule is O=c1c(Br)c(NCc2cccc(F)c2)cnn1CC1CC1. The Hall–Kier alpha value is -1.69. The maximum absolute atomic E-state index is 13.1. The van der Waals surface area contributed by atoms with Crippen molar-refractivity contribution in [2.75, 3.05) is 5.32 Å².